The number of nitrogens with zero attached hydrogens (tertiary/aromatic N) is 4. The highest BCUT2D eigenvalue weighted by atomic mass is 16.3. The predicted octanol–water partition coefficient (Wildman–Crippen LogP) is 14.0. The van der Waals surface area contributed by atoms with Crippen molar-refractivity contribution in [3.63, 3.8) is 0 Å². The van der Waals surface area contributed by atoms with Crippen molar-refractivity contribution in [1.82, 2.24) is 19.9 Å². The summed E-state index contributed by atoms with van der Waals surface area (Å²) in [5, 5.41) is 4.43. The van der Waals surface area contributed by atoms with Crippen LogP contribution >= 0.6 is 0 Å². The average Bonchev–Trinajstić information content (AvgIpc) is 3.77. The Morgan fingerprint density at radius 1 is 0.288 bits per heavy atom. The van der Waals surface area contributed by atoms with Gasteiger partial charge in [0.25, 0.3) is 0 Å². The molecule has 0 spiro atoms. The molecule has 0 radical (unpaired) electrons. The first-order valence-electron chi connectivity index (χ1n) is 19.7. The van der Waals surface area contributed by atoms with E-state index in [2.05, 4.69) is 133 Å². The van der Waals surface area contributed by atoms with Crippen LogP contribution in [0.3, 0.4) is 0 Å². The summed E-state index contributed by atoms with van der Waals surface area (Å²) in [5.41, 5.74) is 12.0. The summed E-state index contributed by atoms with van der Waals surface area (Å²) < 4.78 is 6.50. The van der Waals surface area contributed by atoms with E-state index in [-0.39, 0.29) is 0 Å². The third-order valence-corrected chi connectivity index (χ3v) is 10.9. The number of oxazole rings is 1. The van der Waals surface area contributed by atoms with E-state index in [1.54, 1.807) is 0 Å². The van der Waals surface area contributed by atoms with E-state index in [4.69, 9.17) is 24.4 Å². The highest BCUT2D eigenvalue weighted by Crippen LogP contribution is 2.38. The molecule has 0 atom stereocenters. The van der Waals surface area contributed by atoms with E-state index in [1.807, 2.05) is 72.8 Å². The third kappa shape index (κ3) is 6.51. The van der Waals surface area contributed by atoms with Gasteiger partial charge in [0, 0.05) is 27.6 Å². The van der Waals surface area contributed by atoms with Crippen LogP contribution in [-0.2, 0) is 0 Å². The first-order valence-corrected chi connectivity index (χ1v) is 19.7. The minimum Gasteiger partial charge on any atom is -0.435 e. The summed E-state index contributed by atoms with van der Waals surface area (Å²) in [4.78, 5) is 20.1. The smallest absolute Gasteiger partial charge is 0.227 e. The summed E-state index contributed by atoms with van der Waals surface area (Å²) in [7, 11) is 0. The van der Waals surface area contributed by atoms with Crippen LogP contribution < -0.4 is 0 Å². The predicted molar refractivity (Wildman–Crippen MR) is 240 cm³/mol. The Hall–Kier alpha value is -8.02. The lowest BCUT2D eigenvalue weighted by atomic mass is 9.94. The van der Waals surface area contributed by atoms with Crippen molar-refractivity contribution in [2.45, 2.75) is 0 Å². The first kappa shape index (κ1) is 34.2. The molecular weight excluding hydrogens is 721 g/mol. The number of hydrogen-bond acceptors (Lipinski definition) is 5. The summed E-state index contributed by atoms with van der Waals surface area (Å²) in [6.45, 7) is 0. The molecule has 0 saturated carbocycles. The van der Waals surface area contributed by atoms with E-state index >= 15 is 0 Å². The maximum absolute atomic E-state index is 6.50. The van der Waals surface area contributed by atoms with Crippen molar-refractivity contribution in [3.05, 3.63) is 206 Å². The maximum atomic E-state index is 6.50. The SMILES string of the molecule is c1ccc(-c2ccc3cc(-c4nc(-c5ccccc5)nc(-c5cccc(-c6cccc(-c7cccc8ccc9nc(-c%10ccccc%10)oc9c78)c6)c5)n4)ccc3c2)cc1. The Morgan fingerprint density at radius 3 is 1.46 bits per heavy atom. The summed E-state index contributed by atoms with van der Waals surface area (Å²) in [6, 6.07) is 71.3. The minimum absolute atomic E-state index is 0.613. The van der Waals surface area contributed by atoms with Crippen LogP contribution in [0.25, 0.3) is 112 Å². The van der Waals surface area contributed by atoms with Crippen molar-refractivity contribution < 1.29 is 4.42 Å². The second-order valence-corrected chi connectivity index (χ2v) is 14.7. The van der Waals surface area contributed by atoms with Crippen LogP contribution in [0.5, 0.6) is 0 Å². The lowest BCUT2D eigenvalue weighted by molar-refractivity contribution is 0.623. The Labute approximate surface area is 341 Å². The number of aromatic nitrogens is 4. The molecular formula is C54H34N4O. The topological polar surface area (TPSA) is 64.7 Å². The lowest BCUT2D eigenvalue weighted by Gasteiger charge is -2.12. The van der Waals surface area contributed by atoms with Gasteiger partial charge in [-0.15, -0.1) is 0 Å². The van der Waals surface area contributed by atoms with Crippen molar-refractivity contribution in [1.29, 1.82) is 0 Å². The van der Waals surface area contributed by atoms with Gasteiger partial charge in [-0.3, -0.25) is 0 Å². The van der Waals surface area contributed by atoms with Gasteiger partial charge in [-0.1, -0.05) is 164 Å². The molecule has 11 aromatic rings. The highest BCUT2D eigenvalue weighted by molar-refractivity contribution is 6.11. The fourth-order valence-corrected chi connectivity index (χ4v) is 7.95. The number of fused-ring (bicyclic) bond motifs is 4. The molecule has 0 aliphatic heterocycles. The molecule has 0 unspecified atom stereocenters. The van der Waals surface area contributed by atoms with Crippen LogP contribution in [0.1, 0.15) is 0 Å². The zero-order valence-corrected chi connectivity index (χ0v) is 31.8. The molecule has 0 amide bonds. The average molecular weight is 755 g/mol. The van der Waals surface area contributed by atoms with Crippen molar-refractivity contribution >= 4 is 32.6 Å². The van der Waals surface area contributed by atoms with Gasteiger partial charge in [-0.25, -0.2) is 19.9 Å². The van der Waals surface area contributed by atoms with Crippen LogP contribution in [-0.4, -0.2) is 19.9 Å². The second kappa shape index (κ2) is 14.5. The van der Waals surface area contributed by atoms with Crippen LogP contribution in [0, 0.1) is 0 Å². The fourth-order valence-electron chi connectivity index (χ4n) is 7.95. The molecule has 2 aromatic heterocycles. The lowest BCUT2D eigenvalue weighted by Crippen LogP contribution is -2.00. The van der Waals surface area contributed by atoms with Gasteiger partial charge >= 0.3 is 0 Å². The maximum Gasteiger partial charge on any atom is 0.227 e. The van der Waals surface area contributed by atoms with Gasteiger partial charge in [0.05, 0.1) is 0 Å². The van der Waals surface area contributed by atoms with Crippen LogP contribution in [0.4, 0.5) is 0 Å². The number of benzene rings is 9. The fraction of sp³-hybridized carbons (Fsp3) is 0. The summed E-state index contributed by atoms with van der Waals surface area (Å²) >= 11 is 0. The second-order valence-electron chi connectivity index (χ2n) is 14.7. The molecule has 2 heterocycles. The number of rotatable bonds is 7. The molecule has 0 N–H and O–H groups in total. The monoisotopic (exact) mass is 754 g/mol. The standard InChI is InChI=1S/C54H34N4O/c1-4-13-35(14-5-1)41-25-26-43-34-46(28-27-42(43)31-41)53-57-51(37-15-6-2-7-16-37)56-52(58-53)45-23-11-21-40(33-45)39-20-10-22-44(32-39)47-24-12-19-36-29-30-48-50(49(36)47)59-54(55-48)38-17-8-3-9-18-38/h1-34H. The Morgan fingerprint density at radius 2 is 0.763 bits per heavy atom. The van der Waals surface area contributed by atoms with E-state index in [0.717, 1.165) is 77.2 Å². The van der Waals surface area contributed by atoms with E-state index in [0.29, 0.717) is 23.4 Å². The Bertz CT molecular complexity index is 3320. The quantitative estimate of drug-likeness (QED) is 0.162. The molecule has 9 aromatic carbocycles. The molecule has 0 aliphatic carbocycles. The molecule has 0 bridgehead atoms. The number of hydrogen-bond donors (Lipinski definition) is 0. The van der Waals surface area contributed by atoms with Gasteiger partial charge in [0.15, 0.2) is 23.1 Å². The van der Waals surface area contributed by atoms with Crippen molar-refractivity contribution in [3.8, 4) is 79.0 Å². The largest absolute Gasteiger partial charge is 0.435 e. The molecule has 0 fully saturated rings. The molecule has 11 rings (SSSR count). The van der Waals surface area contributed by atoms with Crippen molar-refractivity contribution in [2.75, 3.05) is 0 Å². The molecule has 59 heavy (non-hydrogen) atoms. The van der Waals surface area contributed by atoms with Gasteiger partial charge < -0.3 is 4.42 Å². The van der Waals surface area contributed by atoms with Gasteiger partial charge in [0.2, 0.25) is 5.89 Å². The highest BCUT2D eigenvalue weighted by Gasteiger charge is 2.17. The van der Waals surface area contributed by atoms with E-state index < -0.39 is 0 Å². The third-order valence-electron chi connectivity index (χ3n) is 10.9. The van der Waals surface area contributed by atoms with Gasteiger partial charge in [0.1, 0.15) is 5.52 Å². The molecule has 276 valence electrons. The minimum atomic E-state index is 0.613. The molecule has 0 saturated heterocycles. The molecule has 5 nitrogen and oxygen atoms in total. The summed E-state index contributed by atoms with van der Waals surface area (Å²) in [6.07, 6.45) is 0. The zero-order chi connectivity index (χ0) is 39.1. The van der Waals surface area contributed by atoms with Crippen LogP contribution in [0.15, 0.2) is 211 Å². The van der Waals surface area contributed by atoms with E-state index in [1.165, 1.54) is 11.1 Å². The molecule has 0 aliphatic rings. The normalized spacial score (nSPS) is 11.4. The van der Waals surface area contributed by atoms with Gasteiger partial charge in [-0.05, 0) is 92.0 Å². The Balaban J connectivity index is 0.984. The first-order chi connectivity index (χ1) is 29.2. The van der Waals surface area contributed by atoms with Gasteiger partial charge in [-0.2, -0.15) is 0 Å². The Kier molecular flexibility index (Phi) is 8.41. The summed E-state index contributed by atoms with van der Waals surface area (Å²) in [5.74, 6) is 2.48. The van der Waals surface area contributed by atoms with E-state index in [9.17, 15) is 0 Å². The zero-order valence-electron chi connectivity index (χ0n) is 31.8. The van der Waals surface area contributed by atoms with Crippen LogP contribution in [0.2, 0.25) is 0 Å². The van der Waals surface area contributed by atoms with Crippen molar-refractivity contribution in [2.24, 2.45) is 0 Å². The molecule has 5 heteroatoms.